The average molecular weight is 552 g/mol. The first-order valence-corrected chi connectivity index (χ1v) is 13.9. The monoisotopic (exact) mass is 551 g/mol. The van der Waals surface area contributed by atoms with E-state index in [9.17, 15) is 29.0 Å². The molecule has 4 aliphatic rings. The topological polar surface area (TPSA) is 122 Å². The van der Waals surface area contributed by atoms with E-state index < -0.39 is 29.5 Å². The number of aromatic nitrogens is 2. The summed E-state index contributed by atoms with van der Waals surface area (Å²) < 4.78 is 16.5. The van der Waals surface area contributed by atoms with Crippen LogP contribution in [0.3, 0.4) is 0 Å². The average Bonchev–Trinajstić information content (AvgIpc) is 3.71. The quantitative estimate of drug-likeness (QED) is 0.358. The third-order valence-corrected chi connectivity index (χ3v) is 9.48. The van der Waals surface area contributed by atoms with Crippen LogP contribution in [0.25, 0.3) is 22.3 Å². The van der Waals surface area contributed by atoms with E-state index in [1.165, 1.54) is 6.07 Å². The molecule has 1 fully saturated rings. The molecule has 1 amide bonds. The number of carbonyl (C=O) groups is 2. The van der Waals surface area contributed by atoms with Crippen LogP contribution >= 0.6 is 11.6 Å². The van der Waals surface area contributed by atoms with Crippen LogP contribution in [0.2, 0.25) is 5.02 Å². The standard InChI is InChI=1S/C29H27ClFN3O5/c1-2-29(39)16-9-20-25-15(11-34(20)28(38)13(16)6-8-21(29)35)23-18(33-27(37)26(36)12-3-4-12)7-5-14-22(23)19(32-25)10-17(31)24(14)30/h9-10,12,18,26,36,39H,2-8,11H2,1H3,(H,33,37)/t18?,26-,29+/m1/s1. The van der Waals surface area contributed by atoms with E-state index in [1.807, 2.05) is 0 Å². The van der Waals surface area contributed by atoms with Crippen molar-refractivity contribution in [2.24, 2.45) is 5.92 Å². The number of hydrogen-bond acceptors (Lipinski definition) is 6. The first kappa shape index (κ1) is 24.9. The Bertz CT molecular complexity index is 1700. The number of benzene rings is 1. The number of fused-ring (bicyclic) bond motifs is 5. The Morgan fingerprint density at radius 2 is 1.97 bits per heavy atom. The normalized spacial score (nSPS) is 23.8. The highest BCUT2D eigenvalue weighted by molar-refractivity contribution is 6.32. The molecule has 10 heteroatoms. The van der Waals surface area contributed by atoms with Gasteiger partial charge in [0.2, 0.25) is 5.91 Å². The second-order valence-corrected chi connectivity index (χ2v) is 11.6. The van der Waals surface area contributed by atoms with Crippen molar-refractivity contribution >= 4 is 34.2 Å². The van der Waals surface area contributed by atoms with Gasteiger partial charge in [-0.15, -0.1) is 0 Å². The summed E-state index contributed by atoms with van der Waals surface area (Å²) in [4.78, 5) is 44.2. The molecule has 1 saturated carbocycles. The number of carbonyl (C=O) groups excluding carboxylic acids is 2. The van der Waals surface area contributed by atoms with Gasteiger partial charge >= 0.3 is 0 Å². The zero-order chi connectivity index (χ0) is 27.4. The highest BCUT2D eigenvalue weighted by Gasteiger charge is 2.44. The van der Waals surface area contributed by atoms with Crippen LogP contribution in [0.1, 0.15) is 72.9 Å². The lowest BCUT2D eigenvalue weighted by Gasteiger charge is -2.32. The predicted octanol–water partition coefficient (Wildman–Crippen LogP) is 3.21. The van der Waals surface area contributed by atoms with Gasteiger partial charge in [0.05, 0.1) is 34.5 Å². The number of aliphatic hydroxyl groups excluding tert-OH is 1. The third kappa shape index (κ3) is 3.42. The number of aryl methyl sites for hydroxylation is 1. The van der Waals surface area contributed by atoms with E-state index in [0.29, 0.717) is 57.4 Å². The second-order valence-electron chi connectivity index (χ2n) is 11.2. The Kier molecular flexibility index (Phi) is 5.37. The van der Waals surface area contributed by atoms with Crippen molar-refractivity contribution in [2.45, 2.75) is 76.2 Å². The fraction of sp³-hybridized carbons (Fsp3) is 0.448. The summed E-state index contributed by atoms with van der Waals surface area (Å²) in [5, 5.41) is 25.4. The molecule has 3 aromatic rings. The summed E-state index contributed by atoms with van der Waals surface area (Å²) in [5.74, 6) is -1.41. The molecular formula is C29H27ClFN3O5. The first-order valence-electron chi connectivity index (χ1n) is 13.5. The summed E-state index contributed by atoms with van der Waals surface area (Å²) in [6.07, 6.45) is 1.85. The Morgan fingerprint density at radius 1 is 1.21 bits per heavy atom. The molecule has 0 spiro atoms. The van der Waals surface area contributed by atoms with Crippen LogP contribution < -0.4 is 10.9 Å². The number of aliphatic hydroxyl groups is 2. The molecule has 202 valence electrons. The number of rotatable bonds is 4. The summed E-state index contributed by atoms with van der Waals surface area (Å²) >= 11 is 6.40. The van der Waals surface area contributed by atoms with Crippen LogP contribution in [0, 0.1) is 11.7 Å². The van der Waals surface area contributed by atoms with E-state index in [1.54, 1.807) is 17.6 Å². The molecule has 0 bridgehead atoms. The number of pyridine rings is 2. The van der Waals surface area contributed by atoms with Crippen LogP contribution in [0.4, 0.5) is 4.39 Å². The number of nitrogens with one attached hydrogen (secondary N) is 1. The van der Waals surface area contributed by atoms with Gasteiger partial charge in [0, 0.05) is 34.6 Å². The number of amides is 1. The molecule has 8 nitrogen and oxygen atoms in total. The van der Waals surface area contributed by atoms with E-state index in [2.05, 4.69) is 5.32 Å². The number of ketones is 1. The number of hydrogen-bond donors (Lipinski definition) is 3. The Hall–Kier alpha value is -3.14. The maximum absolute atomic E-state index is 14.9. The fourth-order valence-electron chi connectivity index (χ4n) is 6.77. The SMILES string of the molecule is CC[C@@]1(O)C(=O)CCc2c1cc1n(c2=O)Cc2c-1nc1cc(F)c(Cl)c3c1c2C(NC(=O)[C@H](O)C1CC1)CC3. The fourth-order valence-corrected chi connectivity index (χ4v) is 7.01. The molecule has 1 aromatic carbocycles. The Morgan fingerprint density at radius 3 is 2.69 bits per heavy atom. The zero-order valence-electron chi connectivity index (χ0n) is 21.3. The lowest BCUT2D eigenvalue weighted by Crippen LogP contribution is -2.43. The van der Waals surface area contributed by atoms with Crippen LogP contribution in [-0.4, -0.2) is 37.6 Å². The number of nitrogens with zero attached hydrogens (tertiary/aromatic N) is 2. The number of halogens is 2. The zero-order valence-corrected chi connectivity index (χ0v) is 22.1. The highest BCUT2D eigenvalue weighted by atomic mass is 35.5. The molecule has 3 heterocycles. The van der Waals surface area contributed by atoms with Gasteiger partial charge in [-0.2, -0.15) is 0 Å². The van der Waals surface area contributed by atoms with Crippen LogP contribution in [0.5, 0.6) is 0 Å². The Balaban J connectivity index is 1.46. The van der Waals surface area contributed by atoms with E-state index in [0.717, 1.165) is 18.4 Å². The molecule has 1 aliphatic heterocycles. The molecule has 3 atom stereocenters. The summed E-state index contributed by atoms with van der Waals surface area (Å²) in [6.45, 7) is 1.89. The van der Waals surface area contributed by atoms with E-state index in [-0.39, 0.29) is 48.1 Å². The molecule has 0 saturated heterocycles. The van der Waals surface area contributed by atoms with Crippen molar-refractivity contribution in [1.82, 2.24) is 14.9 Å². The minimum Gasteiger partial charge on any atom is -0.383 e. The van der Waals surface area contributed by atoms with Crippen LogP contribution in [0.15, 0.2) is 16.9 Å². The molecule has 7 rings (SSSR count). The molecule has 2 aromatic heterocycles. The van der Waals surface area contributed by atoms with Gasteiger partial charge in [0.15, 0.2) is 5.78 Å². The first-order chi connectivity index (χ1) is 18.6. The van der Waals surface area contributed by atoms with Crippen molar-refractivity contribution in [3.05, 3.63) is 61.1 Å². The molecule has 3 aliphatic carbocycles. The lowest BCUT2D eigenvalue weighted by molar-refractivity contribution is -0.140. The van der Waals surface area contributed by atoms with E-state index in [4.69, 9.17) is 16.6 Å². The van der Waals surface area contributed by atoms with Gasteiger partial charge in [-0.25, -0.2) is 9.37 Å². The smallest absolute Gasteiger partial charge is 0.254 e. The maximum Gasteiger partial charge on any atom is 0.254 e. The van der Waals surface area contributed by atoms with Gasteiger partial charge in [-0.05, 0) is 61.6 Å². The molecule has 39 heavy (non-hydrogen) atoms. The van der Waals surface area contributed by atoms with E-state index >= 15 is 0 Å². The maximum atomic E-state index is 14.9. The van der Waals surface area contributed by atoms with Crippen molar-refractivity contribution in [2.75, 3.05) is 0 Å². The van der Waals surface area contributed by atoms with Crippen molar-refractivity contribution < 1.29 is 24.2 Å². The molecular weight excluding hydrogens is 525 g/mol. The molecule has 3 N–H and O–H groups in total. The summed E-state index contributed by atoms with van der Waals surface area (Å²) in [7, 11) is 0. The molecule has 0 radical (unpaired) electrons. The van der Waals surface area contributed by atoms with Gasteiger partial charge in [-0.3, -0.25) is 14.4 Å². The second kappa shape index (κ2) is 8.43. The van der Waals surface area contributed by atoms with Gasteiger partial charge in [0.25, 0.3) is 5.56 Å². The Labute approximate surface area is 227 Å². The van der Waals surface area contributed by atoms with Gasteiger partial charge < -0.3 is 20.1 Å². The minimum absolute atomic E-state index is 0.0166. The predicted molar refractivity (Wildman–Crippen MR) is 141 cm³/mol. The molecule has 1 unspecified atom stereocenters. The number of Topliss-reactive ketones (excluding diaryl/α,β-unsaturated/α-hetero) is 1. The van der Waals surface area contributed by atoms with Crippen LogP contribution in [-0.2, 0) is 34.6 Å². The van der Waals surface area contributed by atoms with Crippen molar-refractivity contribution in [1.29, 1.82) is 0 Å². The minimum atomic E-state index is -1.75. The van der Waals surface area contributed by atoms with Gasteiger partial charge in [0.1, 0.15) is 17.5 Å². The third-order valence-electron chi connectivity index (χ3n) is 9.07. The highest BCUT2D eigenvalue weighted by Crippen LogP contribution is 2.47. The summed E-state index contributed by atoms with van der Waals surface area (Å²) in [6, 6.07) is 2.45. The largest absolute Gasteiger partial charge is 0.383 e. The lowest BCUT2D eigenvalue weighted by atomic mass is 9.77. The summed E-state index contributed by atoms with van der Waals surface area (Å²) in [5.41, 5.74) is 1.97. The van der Waals surface area contributed by atoms with Crippen molar-refractivity contribution in [3.8, 4) is 11.4 Å². The van der Waals surface area contributed by atoms with Crippen molar-refractivity contribution in [3.63, 3.8) is 0 Å². The van der Waals surface area contributed by atoms with Gasteiger partial charge in [-0.1, -0.05) is 18.5 Å².